The number of thiophene rings is 2. The van der Waals surface area contributed by atoms with Crippen molar-refractivity contribution >= 4 is 55.5 Å². The molecule has 0 bridgehead atoms. The molecule has 2 unspecified atom stereocenters. The van der Waals surface area contributed by atoms with Crippen molar-refractivity contribution in [2.75, 3.05) is 18.2 Å². The largest absolute Gasteiger partial charge is 0.465 e. The normalized spacial score (nSPS) is 18.7. The predicted molar refractivity (Wildman–Crippen MR) is 164 cm³/mol. The second kappa shape index (κ2) is 10.3. The van der Waals surface area contributed by atoms with E-state index in [1.807, 2.05) is 6.07 Å². The van der Waals surface area contributed by atoms with E-state index >= 15 is 0 Å². The van der Waals surface area contributed by atoms with Crippen LogP contribution in [0.2, 0.25) is 0 Å². The molecule has 8 heteroatoms. The Labute approximate surface area is 243 Å². The second-order valence-corrected chi connectivity index (χ2v) is 14.2. The smallest absolute Gasteiger partial charge is 0.341 e. The van der Waals surface area contributed by atoms with Gasteiger partial charge in [-0.05, 0) is 78.5 Å². The van der Waals surface area contributed by atoms with E-state index in [2.05, 4.69) is 56.4 Å². The summed E-state index contributed by atoms with van der Waals surface area (Å²) in [5.41, 5.74) is 12.4. The molecular formula is C32H35N3O3S2. The highest BCUT2D eigenvalue weighted by Gasteiger charge is 2.35. The van der Waals surface area contributed by atoms with E-state index in [-0.39, 0.29) is 11.3 Å². The number of rotatable bonds is 4. The number of aryl methyl sites for hydroxylation is 1. The van der Waals surface area contributed by atoms with Crippen LogP contribution in [-0.2, 0) is 30.4 Å². The molecule has 0 radical (unpaired) electrons. The van der Waals surface area contributed by atoms with Crippen LogP contribution in [0.3, 0.4) is 0 Å². The Hall–Kier alpha value is -3.23. The number of esters is 1. The van der Waals surface area contributed by atoms with Crippen LogP contribution in [0.1, 0.15) is 86.8 Å². The Bertz CT molecular complexity index is 1610. The predicted octanol–water partition coefficient (Wildman–Crippen LogP) is 7.40. The first-order valence-corrected chi connectivity index (χ1v) is 15.6. The van der Waals surface area contributed by atoms with Crippen LogP contribution in [0.5, 0.6) is 0 Å². The number of hydrogen-bond donors (Lipinski definition) is 2. The molecule has 6 nitrogen and oxygen atoms in total. The summed E-state index contributed by atoms with van der Waals surface area (Å²) in [6.07, 6.45) is 5.59. The van der Waals surface area contributed by atoms with Gasteiger partial charge in [-0.3, -0.25) is 4.79 Å². The zero-order chi connectivity index (χ0) is 28.2. The quantitative estimate of drug-likeness (QED) is 0.248. The van der Waals surface area contributed by atoms with Gasteiger partial charge in [0.05, 0.1) is 18.4 Å². The molecule has 0 saturated heterocycles. The summed E-state index contributed by atoms with van der Waals surface area (Å²) < 4.78 is 5.14. The highest BCUT2D eigenvalue weighted by Crippen LogP contribution is 2.45. The number of nitrogens with two attached hydrogens (primary N) is 1. The Kier molecular flexibility index (Phi) is 6.95. The number of nitrogens with zero attached hydrogens (tertiary/aromatic N) is 1. The summed E-state index contributed by atoms with van der Waals surface area (Å²) in [5, 5.41) is 4.41. The van der Waals surface area contributed by atoms with E-state index < -0.39 is 5.97 Å². The van der Waals surface area contributed by atoms with Gasteiger partial charge >= 0.3 is 5.97 Å². The maximum atomic E-state index is 13.6. The lowest BCUT2D eigenvalue weighted by Crippen LogP contribution is -2.26. The minimum Gasteiger partial charge on any atom is -0.465 e. The van der Waals surface area contributed by atoms with E-state index in [1.165, 1.54) is 40.9 Å². The van der Waals surface area contributed by atoms with E-state index in [9.17, 15) is 9.59 Å². The van der Waals surface area contributed by atoms with Gasteiger partial charge in [0.1, 0.15) is 14.7 Å². The third-order valence-corrected chi connectivity index (χ3v) is 11.0. The number of anilines is 2. The highest BCUT2D eigenvalue weighted by molar-refractivity contribution is 7.21. The fourth-order valence-corrected chi connectivity index (χ4v) is 8.56. The minimum atomic E-state index is -0.409. The number of amides is 1. The van der Waals surface area contributed by atoms with Crippen LogP contribution in [0.4, 0.5) is 10.7 Å². The molecule has 3 N–H and O–H groups in total. The standard InChI is InChI=1S/C32H35N3O3S2/c1-32(2,3)20-11-12-21-24(16-20)39-30(25(21)31(37)38-4)35-28(36)27-26(33)22-15-19-14-18(17-8-6-5-7-9-17)10-13-23(19)34-29(22)40-27/h5-9,15,18,20H,10-14,16,33H2,1-4H3,(H,35,36). The first-order valence-electron chi connectivity index (χ1n) is 13.9. The van der Waals surface area contributed by atoms with Crippen LogP contribution in [0.15, 0.2) is 36.4 Å². The van der Waals surface area contributed by atoms with Crippen LogP contribution in [-0.4, -0.2) is 24.0 Å². The van der Waals surface area contributed by atoms with Crippen molar-refractivity contribution in [3.05, 3.63) is 74.1 Å². The lowest BCUT2D eigenvalue weighted by molar-refractivity contribution is 0.0600. The molecule has 2 atom stereocenters. The molecule has 40 heavy (non-hydrogen) atoms. The van der Waals surface area contributed by atoms with Crippen LogP contribution in [0, 0.1) is 11.3 Å². The molecule has 2 aliphatic carbocycles. The number of hydrogen-bond acceptors (Lipinski definition) is 7. The molecule has 1 amide bonds. The van der Waals surface area contributed by atoms with E-state index in [1.54, 1.807) is 0 Å². The SMILES string of the molecule is COC(=O)c1c(NC(=O)c2sc3nc4c(cc3c2N)CC(c2ccccc2)CC4)sc2c1CCC(C(C)(C)C)C2. The summed E-state index contributed by atoms with van der Waals surface area (Å²) in [4.78, 5) is 33.8. The maximum Gasteiger partial charge on any atom is 0.341 e. The van der Waals surface area contributed by atoms with Gasteiger partial charge in [-0.1, -0.05) is 51.1 Å². The van der Waals surface area contributed by atoms with E-state index in [0.717, 1.165) is 64.9 Å². The Balaban J connectivity index is 1.30. The third-order valence-electron chi connectivity index (χ3n) is 8.67. The molecule has 208 valence electrons. The lowest BCUT2D eigenvalue weighted by Gasteiger charge is -2.33. The van der Waals surface area contributed by atoms with Crippen molar-refractivity contribution in [2.45, 2.75) is 65.2 Å². The molecule has 0 fully saturated rings. The van der Waals surface area contributed by atoms with Gasteiger partial charge in [0.25, 0.3) is 5.91 Å². The van der Waals surface area contributed by atoms with Crippen LogP contribution >= 0.6 is 22.7 Å². The van der Waals surface area contributed by atoms with Crippen LogP contribution < -0.4 is 11.1 Å². The van der Waals surface area contributed by atoms with Crippen molar-refractivity contribution in [3.8, 4) is 0 Å². The van der Waals surface area contributed by atoms with Crippen molar-refractivity contribution in [1.29, 1.82) is 0 Å². The van der Waals surface area contributed by atoms with Gasteiger partial charge < -0.3 is 15.8 Å². The Morgan fingerprint density at radius 3 is 2.58 bits per heavy atom. The summed E-state index contributed by atoms with van der Waals surface area (Å²) in [7, 11) is 1.39. The number of ether oxygens (including phenoxy) is 1. The van der Waals surface area contributed by atoms with Crippen molar-refractivity contribution < 1.29 is 14.3 Å². The summed E-state index contributed by atoms with van der Waals surface area (Å²) >= 11 is 2.82. The molecule has 3 aromatic heterocycles. The first kappa shape index (κ1) is 27.0. The maximum absolute atomic E-state index is 13.6. The molecule has 2 aliphatic rings. The number of benzene rings is 1. The molecule has 1 aromatic carbocycles. The highest BCUT2D eigenvalue weighted by atomic mass is 32.1. The van der Waals surface area contributed by atoms with Gasteiger partial charge in [-0.15, -0.1) is 22.7 Å². The first-order chi connectivity index (χ1) is 19.1. The van der Waals surface area contributed by atoms with Gasteiger partial charge in [0.15, 0.2) is 0 Å². The average Bonchev–Trinajstić information content (AvgIpc) is 3.47. The number of nitrogen functional groups attached to an aromatic ring is 1. The van der Waals surface area contributed by atoms with Crippen molar-refractivity contribution in [2.24, 2.45) is 11.3 Å². The molecule has 0 aliphatic heterocycles. The topological polar surface area (TPSA) is 94.3 Å². The number of nitrogens with one attached hydrogen (secondary N) is 1. The molecular weight excluding hydrogens is 539 g/mol. The number of fused-ring (bicyclic) bond motifs is 3. The lowest BCUT2D eigenvalue weighted by atomic mass is 9.72. The van der Waals surface area contributed by atoms with Gasteiger partial charge in [-0.25, -0.2) is 9.78 Å². The number of pyridine rings is 1. The molecule has 6 rings (SSSR count). The van der Waals surface area contributed by atoms with Crippen molar-refractivity contribution in [3.63, 3.8) is 0 Å². The fourth-order valence-electron chi connectivity index (χ4n) is 6.26. The Morgan fingerprint density at radius 1 is 1.07 bits per heavy atom. The van der Waals surface area contributed by atoms with Crippen LogP contribution in [0.25, 0.3) is 10.2 Å². The van der Waals surface area contributed by atoms with Gasteiger partial charge in [0.2, 0.25) is 0 Å². The van der Waals surface area contributed by atoms with Crippen molar-refractivity contribution in [1.82, 2.24) is 4.98 Å². The second-order valence-electron chi connectivity index (χ2n) is 12.1. The van der Waals surface area contributed by atoms with Gasteiger partial charge in [-0.2, -0.15) is 0 Å². The number of methoxy groups -OCH3 is 1. The summed E-state index contributed by atoms with van der Waals surface area (Å²) in [6, 6.07) is 12.7. The zero-order valence-electron chi connectivity index (χ0n) is 23.4. The summed E-state index contributed by atoms with van der Waals surface area (Å²) in [6.45, 7) is 6.79. The number of carbonyl (C=O) groups is 2. The van der Waals surface area contributed by atoms with Gasteiger partial charge in [0, 0.05) is 16.0 Å². The monoisotopic (exact) mass is 573 g/mol. The molecule has 3 heterocycles. The molecule has 0 saturated carbocycles. The average molecular weight is 574 g/mol. The molecule has 0 spiro atoms. The van der Waals surface area contributed by atoms with E-state index in [0.29, 0.717) is 33.0 Å². The Morgan fingerprint density at radius 2 is 1.85 bits per heavy atom. The fraction of sp³-hybridized carbons (Fsp3) is 0.406. The number of carbonyl (C=O) groups excluding carboxylic acids is 2. The van der Waals surface area contributed by atoms with E-state index in [4.69, 9.17) is 15.5 Å². The molecule has 4 aromatic rings. The minimum absolute atomic E-state index is 0.176. The number of aromatic nitrogens is 1. The zero-order valence-corrected chi connectivity index (χ0v) is 25.1. The summed E-state index contributed by atoms with van der Waals surface area (Å²) in [5.74, 6) is 0.255. The third kappa shape index (κ3) is 4.81.